The van der Waals surface area contributed by atoms with Crippen molar-refractivity contribution in [1.82, 2.24) is 19.8 Å². The van der Waals surface area contributed by atoms with Gasteiger partial charge in [-0.1, -0.05) is 30.3 Å². The number of nitrogens with one attached hydrogen (secondary N) is 2. The standard InChI is InChI=1S/C33H32FN7O3/c1-21-37-27-4-2-3-26(31(27)33(44)41(21)29-11-12-30(42)38-32(29)43)36-19-22-5-7-23(8-6-22)20-39-13-15-40(16-14-39)28-10-9-24(18-35)17-25(28)34/h2-10,17,29,36H,11-16,19-20H2,1H3,(H,38,42,43). The van der Waals surface area contributed by atoms with Crippen molar-refractivity contribution < 1.29 is 14.0 Å². The minimum Gasteiger partial charge on any atom is -0.380 e. The van der Waals surface area contributed by atoms with E-state index < -0.39 is 11.9 Å². The van der Waals surface area contributed by atoms with Crippen molar-refractivity contribution in [3.05, 3.63) is 99.3 Å². The van der Waals surface area contributed by atoms with E-state index in [1.165, 1.54) is 16.2 Å². The number of piperidine rings is 1. The van der Waals surface area contributed by atoms with Crippen LogP contribution in [0.25, 0.3) is 10.9 Å². The lowest BCUT2D eigenvalue weighted by Crippen LogP contribution is -2.46. The van der Waals surface area contributed by atoms with Gasteiger partial charge in [0.15, 0.2) is 0 Å². The molecule has 2 fully saturated rings. The zero-order valence-electron chi connectivity index (χ0n) is 24.3. The third-order valence-corrected chi connectivity index (χ3v) is 8.33. The van der Waals surface area contributed by atoms with Crippen molar-refractivity contribution >= 4 is 34.1 Å². The van der Waals surface area contributed by atoms with Crippen molar-refractivity contribution in [1.29, 1.82) is 5.26 Å². The zero-order valence-corrected chi connectivity index (χ0v) is 24.3. The molecule has 2 amide bonds. The molecule has 2 saturated heterocycles. The molecule has 0 saturated carbocycles. The molecule has 0 spiro atoms. The highest BCUT2D eigenvalue weighted by molar-refractivity contribution is 5.99. The molecule has 6 rings (SSSR count). The number of anilines is 2. The Bertz CT molecular complexity index is 1840. The molecule has 1 aromatic heterocycles. The van der Waals surface area contributed by atoms with Gasteiger partial charge in [0.05, 0.1) is 28.2 Å². The first-order valence-corrected chi connectivity index (χ1v) is 14.6. The number of hydrogen-bond acceptors (Lipinski definition) is 8. The lowest BCUT2D eigenvalue weighted by molar-refractivity contribution is -0.135. The lowest BCUT2D eigenvalue weighted by Gasteiger charge is -2.36. The van der Waals surface area contributed by atoms with Crippen molar-refractivity contribution in [2.75, 3.05) is 36.4 Å². The lowest BCUT2D eigenvalue weighted by atomic mass is 10.1. The van der Waals surface area contributed by atoms with E-state index in [0.29, 0.717) is 53.3 Å². The molecule has 10 nitrogen and oxygen atoms in total. The number of nitriles is 1. The molecule has 2 N–H and O–H groups in total. The number of nitrogens with zero attached hydrogens (tertiary/aromatic N) is 5. The summed E-state index contributed by atoms with van der Waals surface area (Å²) < 4.78 is 15.8. The number of benzene rings is 3. The topological polar surface area (TPSA) is 123 Å². The molecular weight excluding hydrogens is 561 g/mol. The van der Waals surface area contributed by atoms with Crippen molar-refractivity contribution in [3.8, 4) is 6.07 Å². The molecule has 4 aromatic rings. The highest BCUT2D eigenvalue weighted by Gasteiger charge is 2.31. The summed E-state index contributed by atoms with van der Waals surface area (Å²) in [6.45, 7) is 5.97. The number of carbonyl (C=O) groups is 2. The van der Waals surface area contributed by atoms with Crippen LogP contribution in [-0.4, -0.2) is 52.4 Å². The SMILES string of the molecule is Cc1nc2cccc(NCc3ccc(CN4CCN(c5ccc(C#N)cc5F)CC4)cc3)c2c(=O)n1C1CCC(=O)NC1=O. The maximum Gasteiger partial charge on any atom is 0.264 e. The van der Waals surface area contributed by atoms with Gasteiger partial charge in [-0.25, -0.2) is 9.37 Å². The summed E-state index contributed by atoms with van der Waals surface area (Å²) in [5, 5.41) is 15.1. The Labute approximate surface area is 253 Å². The molecule has 44 heavy (non-hydrogen) atoms. The largest absolute Gasteiger partial charge is 0.380 e. The van der Waals surface area contributed by atoms with Gasteiger partial charge in [-0.05, 0) is 54.8 Å². The number of piperazine rings is 1. The Kier molecular flexibility index (Phi) is 8.09. The Morgan fingerprint density at radius 3 is 2.48 bits per heavy atom. The van der Waals surface area contributed by atoms with Crippen molar-refractivity contribution in [3.63, 3.8) is 0 Å². The molecule has 0 bridgehead atoms. The average Bonchev–Trinajstić information content (AvgIpc) is 3.02. The number of hydrogen-bond donors (Lipinski definition) is 2. The first-order chi connectivity index (χ1) is 21.3. The van der Waals surface area contributed by atoms with Gasteiger partial charge in [0.25, 0.3) is 5.56 Å². The number of halogens is 1. The van der Waals surface area contributed by atoms with Gasteiger partial charge in [0.2, 0.25) is 11.8 Å². The minimum absolute atomic E-state index is 0.172. The normalized spacial score (nSPS) is 17.4. The molecule has 3 heterocycles. The second kappa shape index (κ2) is 12.3. The number of rotatable bonds is 7. The molecule has 0 radical (unpaired) electrons. The van der Waals surface area contributed by atoms with E-state index in [1.54, 1.807) is 25.1 Å². The van der Waals surface area contributed by atoms with Crippen LogP contribution >= 0.6 is 0 Å². The highest BCUT2D eigenvalue weighted by atomic mass is 19.1. The van der Waals surface area contributed by atoms with Crippen LogP contribution in [0.1, 0.15) is 41.4 Å². The number of aromatic nitrogens is 2. The number of aryl methyl sites for hydroxylation is 1. The van der Waals surface area contributed by atoms with Crippen molar-refractivity contribution in [2.45, 2.75) is 38.9 Å². The Hall–Kier alpha value is -5.08. The molecule has 2 aliphatic rings. The first-order valence-electron chi connectivity index (χ1n) is 14.6. The summed E-state index contributed by atoms with van der Waals surface area (Å²) in [4.78, 5) is 46.8. The van der Waals surface area contributed by atoms with Gasteiger partial charge in [-0.2, -0.15) is 5.26 Å². The van der Waals surface area contributed by atoms with E-state index >= 15 is 0 Å². The number of amides is 2. The third-order valence-electron chi connectivity index (χ3n) is 8.33. The monoisotopic (exact) mass is 593 g/mol. The molecule has 2 aliphatic heterocycles. The van der Waals surface area contributed by atoms with E-state index in [2.05, 4.69) is 44.8 Å². The molecule has 3 aromatic carbocycles. The van der Waals surface area contributed by atoms with Gasteiger partial charge >= 0.3 is 0 Å². The van der Waals surface area contributed by atoms with E-state index in [1.807, 2.05) is 23.1 Å². The Morgan fingerprint density at radius 1 is 1.02 bits per heavy atom. The van der Waals surface area contributed by atoms with E-state index in [-0.39, 0.29) is 30.1 Å². The van der Waals surface area contributed by atoms with Crippen molar-refractivity contribution in [2.24, 2.45) is 0 Å². The maximum absolute atomic E-state index is 14.5. The van der Waals surface area contributed by atoms with Gasteiger partial charge in [-0.3, -0.25) is 29.2 Å². The summed E-state index contributed by atoms with van der Waals surface area (Å²) in [6.07, 6.45) is 0.427. The third kappa shape index (κ3) is 5.89. The second-order valence-corrected chi connectivity index (χ2v) is 11.2. The van der Waals surface area contributed by atoms with Gasteiger partial charge < -0.3 is 10.2 Å². The summed E-state index contributed by atoms with van der Waals surface area (Å²) in [6, 6.07) is 19.5. The summed E-state index contributed by atoms with van der Waals surface area (Å²) in [5.41, 5.74) is 3.91. The summed E-state index contributed by atoms with van der Waals surface area (Å²) in [5.74, 6) is -0.762. The van der Waals surface area contributed by atoms with E-state index in [0.717, 1.165) is 25.2 Å². The highest BCUT2D eigenvalue weighted by Crippen LogP contribution is 2.25. The number of fused-ring (bicyclic) bond motifs is 1. The minimum atomic E-state index is -0.780. The first kappa shape index (κ1) is 29.0. The number of carbonyl (C=O) groups excluding carboxylic acids is 2. The van der Waals surface area contributed by atoms with Crippen LogP contribution in [0, 0.1) is 24.1 Å². The van der Waals surface area contributed by atoms with Crippen LogP contribution in [0.15, 0.2) is 65.5 Å². The molecule has 11 heteroatoms. The molecule has 224 valence electrons. The molecule has 0 aliphatic carbocycles. The molecular formula is C33H32FN7O3. The zero-order chi connectivity index (χ0) is 30.8. The fraction of sp³-hybridized carbons (Fsp3) is 0.303. The predicted octanol–water partition coefficient (Wildman–Crippen LogP) is 3.63. The smallest absolute Gasteiger partial charge is 0.264 e. The van der Waals surface area contributed by atoms with Crippen LogP contribution in [-0.2, 0) is 22.7 Å². The van der Waals surface area contributed by atoms with Gasteiger partial charge in [0, 0.05) is 51.4 Å². The summed E-state index contributed by atoms with van der Waals surface area (Å²) >= 11 is 0. The maximum atomic E-state index is 14.5. The average molecular weight is 594 g/mol. The molecule has 1 atom stereocenters. The quantitative estimate of drug-likeness (QED) is 0.312. The molecule has 1 unspecified atom stereocenters. The number of imide groups is 1. The van der Waals surface area contributed by atoms with Crippen LogP contribution in [0.4, 0.5) is 15.8 Å². The Balaban J connectivity index is 1.10. The van der Waals surface area contributed by atoms with E-state index in [4.69, 9.17) is 5.26 Å². The Morgan fingerprint density at radius 2 is 1.77 bits per heavy atom. The summed E-state index contributed by atoms with van der Waals surface area (Å²) in [7, 11) is 0. The van der Waals surface area contributed by atoms with Gasteiger partial charge in [0.1, 0.15) is 17.7 Å². The fourth-order valence-electron chi connectivity index (χ4n) is 5.99. The predicted molar refractivity (Wildman–Crippen MR) is 165 cm³/mol. The van der Waals surface area contributed by atoms with E-state index in [9.17, 15) is 18.8 Å². The van der Waals surface area contributed by atoms with Crippen LogP contribution < -0.4 is 21.1 Å². The van der Waals surface area contributed by atoms with Crippen LogP contribution in [0.3, 0.4) is 0 Å². The van der Waals surface area contributed by atoms with Crippen LogP contribution in [0.5, 0.6) is 0 Å². The van der Waals surface area contributed by atoms with Gasteiger partial charge in [-0.15, -0.1) is 0 Å². The van der Waals surface area contributed by atoms with Crippen LogP contribution in [0.2, 0.25) is 0 Å². The fourth-order valence-corrected chi connectivity index (χ4v) is 5.99. The second-order valence-electron chi connectivity index (χ2n) is 11.2.